The largest absolute Gasteiger partial charge is 0.323 e. The molecule has 1 amide bonds. The molecule has 0 saturated carbocycles. The van der Waals surface area contributed by atoms with Crippen LogP contribution < -0.4 is 11.1 Å². The van der Waals surface area contributed by atoms with Gasteiger partial charge in [-0.15, -0.1) is 0 Å². The second kappa shape index (κ2) is 5.63. The summed E-state index contributed by atoms with van der Waals surface area (Å²) in [7, 11) is 0. The van der Waals surface area contributed by atoms with Crippen molar-refractivity contribution in [1.82, 2.24) is 0 Å². The van der Waals surface area contributed by atoms with Crippen LogP contribution in [0.3, 0.4) is 0 Å². The molecule has 0 bridgehead atoms. The lowest BCUT2D eigenvalue weighted by Crippen LogP contribution is -2.35. The summed E-state index contributed by atoms with van der Waals surface area (Å²) in [6.45, 7) is 1.87. The van der Waals surface area contributed by atoms with Crippen LogP contribution in [-0.4, -0.2) is 11.9 Å². The Labute approximate surface area is 106 Å². The van der Waals surface area contributed by atoms with Gasteiger partial charge in [-0.05, 0) is 50.4 Å². The Kier molecular flexibility index (Phi) is 4.76. The van der Waals surface area contributed by atoms with Crippen LogP contribution in [0, 0.1) is 0 Å². The van der Waals surface area contributed by atoms with Crippen LogP contribution in [0.1, 0.15) is 13.3 Å². The number of para-hydroxylation sites is 1. The molecule has 0 spiro atoms. The first kappa shape index (κ1) is 12.7. The van der Waals surface area contributed by atoms with Gasteiger partial charge in [-0.1, -0.05) is 13.0 Å². The fourth-order valence-corrected chi connectivity index (χ4v) is 2.22. The lowest BCUT2D eigenvalue weighted by Gasteiger charge is -2.12. The molecule has 0 unspecified atom stereocenters. The highest BCUT2D eigenvalue weighted by Crippen LogP contribution is 2.30. The number of hydrogen-bond acceptors (Lipinski definition) is 2. The number of hydrogen-bond donors (Lipinski definition) is 2. The van der Waals surface area contributed by atoms with E-state index in [1.165, 1.54) is 0 Å². The predicted octanol–water partition coefficient (Wildman–Crippen LogP) is 2.89. The van der Waals surface area contributed by atoms with Crippen molar-refractivity contribution >= 4 is 43.5 Å². The van der Waals surface area contributed by atoms with E-state index >= 15 is 0 Å². The van der Waals surface area contributed by atoms with E-state index in [-0.39, 0.29) is 5.91 Å². The molecule has 0 aliphatic rings. The molecule has 0 heterocycles. The van der Waals surface area contributed by atoms with Gasteiger partial charge in [-0.2, -0.15) is 0 Å². The minimum Gasteiger partial charge on any atom is -0.323 e. The molecule has 15 heavy (non-hydrogen) atoms. The molecule has 3 N–H and O–H groups in total. The zero-order valence-corrected chi connectivity index (χ0v) is 11.4. The average molecular weight is 336 g/mol. The van der Waals surface area contributed by atoms with Crippen molar-refractivity contribution in [1.29, 1.82) is 0 Å². The monoisotopic (exact) mass is 334 g/mol. The lowest BCUT2D eigenvalue weighted by molar-refractivity contribution is -0.117. The van der Waals surface area contributed by atoms with Gasteiger partial charge in [0.15, 0.2) is 0 Å². The number of carbonyl (C=O) groups is 1. The van der Waals surface area contributed by atoms with Gasteiger partial charge in [0, 0.05) is 8.95 Å². The van der Waals surface area contributed by atoms with Crippen LogP contribution in [0.5, 0.6) is 0 Å². The smallest absolute Gasteiger partial charge is 0.241 e. The second-order valence-electron chi connectivity index (χ2n) is 3.10. The number of nitrogens with two attached hydrogens (primary N) is 1. The molecule has 0 aliphatic carbocycles. The summed E-state index contributed by atoms with van der Waals surface area (Å²) in [6.07, 6.45) is 0.619. The number of benzene rings is 1. The minimum atomic E-state index is -0.469. The molecule has 0 fully saturated rings. The molecule has 3 nitrogen and oxygen atoms in total. The van der Waals surface area contributed by atoms with Gasteiger partial charge in [-0.25, -0.2) is 0 Å². The van der Waals surface area contributed by atoms with E-state index in [9.17, 15) is 4.79 Å². The van der Waals surface area contributed by atoms with Gasteiger partial charge in [0.1, 0.15) is 0 Å². The van der Waals surface area contributed by atoms with Crippen molar-refractivity contribution < 1.29 is 4.79 Å². The van der Waals surface area contributed by atoms with Crippen LogP contribution in [0.15, 0.2) is 27.1 Å². The summed E-state index contributed by atoms with van der Waals surface area (Å²) in [6, 6.07) is 5.13. The first-order valence-corrected chi connectivity index (χ1v) is 6.15. The number of halogens is 2. The standard InChI is InChI=1S/C10H12Br2N2O/c1-2-8(13)10(15)14-9-6(11)4-3-5-7(9)12/h3-5,8H,2,13H2,1H3,(H,14,15)/t8-/m0/s1. The molecule has 1 rings (SSSR count). The maximum absolute atomic E-state index is 11.6. The first-order chi connectivity index (χ1) is 7.06. The van der Waals surface area contributed by atoms with Crippen LogP contribution in [0.2, 0.25) is 0 Å². The summed E-state index contributed by atoms with van der Waals surface area (Å²) >= 11 is 6.72. The van der Waals surface area contributed by atoms with Crippen LogP contribution in [-0.2, 0) is 4.79 Å². The highest BCUT2D eigenvalue weighted by atomic mass is 79.9. The molecule has 0 aromatic heterocycles. The van der Waals surface area contributed by atoms with Crippen molar-refractivity contribution in [2.75, 3.05) is 5.32 Å². The Hall–Kier alpha value is -0.390. The molecule has 1 atom stereocenters. The maximum Gasteiger partial charge on any atom is 0.241 e. The van der Waals surface area contributed by atoms with Crippen LogP contribution >= 0.6 is 31.9 Å². The average Bonchev–Trinajstić information content (AvgIpc) is 2.22. The summed E-state index contributed by atoms with van der Waals surface area (Å²) in [5.74, 6) is -0.176. The van der Waals surface area contributed by atoms with E-state index in [0.717, 1.165) is 8.95 Å². The summed E-state index contributed by atoms with van der Waals surface area (Å²) in [5, 5.41) is 2.77. The molecule has 5 heteroatoms. The fraction of sp³-hybridized carbons (Fsp3) is 0.300. The molecular weight excluding hydrogens is 324 g/mol. The van der Waals surface area contributed by atoms with Crippen molar-refractivity contribution in [3.8, 4) is 0 Å². The van der Waals surface area contributed by atoms with Gasteiger partial charge in [0.05, 0.1) is 11.7 Å². The fourth-order valence-electron chi connectivity index (χ4n) is 1.02. The third-order valence-corrected chi connectivity index (χ3v) is 3.31. The molecule has 0 radical (unpaired) electrons. The van der Waals surface area contributed by atoms with Gasteiger partial charge in [0.25, 0.3) is 0 Å². The van der Waals surface area contributed by atoms with Crippen molar-refractivity contribution in [2.45, 2.75) is 19.4 Å². The molecule has 0 aliphatic heterocycles. The van der Waals surface area contributed by atoms with Gasteiger partial charge < -0.3 is 11.1 Å². The van der Waals surface area contributed by atoms with Gasteiger partial charge >= 0.3 is 0 Å². The van der Waals surface area contributed by atoms with E-state index in [1.807, 2.05) is 25.1 Å². The topological polar surface area (TPSA) is 55.1 Å². The first-order valence-electron chi connectivity index (χ1n) is 4.56. The SMILES string of the molecule is CC[C@H](N)C(=O)Nc1c(Br)cccc1Br. The molecule has 82 valence electrons. The number of nitrogens with one attached hydrogen (secondary N) is 1. The molecule has 0 saturated heterocycles. The van der Waals surface area contributed by atoms with E-state index in [2.05, 4.69) is 37.2 Å². The van der Waals surface area contributed by atoms with Gasteiger partial charge in [-0.3, -0.25) is 4.79 Å². The lowest BCUT2D eigenvalue weighted by atomic mass is 10.2. The third-order valence-electron chi connectivity index (χ3n) is 1.99. The Morgan fingerprint density at radius 2 is 2.00 bits per heavy atom. The Bertz CT molecular complexity index is 348. The summed E-state index contributed by atoms with van der Waals surface area (Å²) in [4.78, 5) is 11.6. The Morgan fingerprint density at radius 1 is 1.47 bits per heavy atom. The molecular formula is C10H12Br2N2O. The van der Waals surface area contributed by atoms with E-state index in [1.54, 1.807) is 0 Å². The highest BCUT2D eigenvalue weighted by Gasteiger charge is 2.13. The van der Waals surface area contributed by atoms with Crippen molar-refractivity contribution in [3.05, 3.63) is 27.1 Å². The third kappa shape index (κ3) is 3.29. The number of amides is 1. The zero-order valence-electron chi connectivity index (χ0n) is 8.26. The van der Waals surface area contributed by atoms with Crippen molar-refractivity contribution in [2.24, 2.45) is 5.73 Å². The highest BCUT2D eigenvalue weighted by molar-refractivity contribution is 9.11. The Morgan fingerprint density at radius 3 is 2.47 bits per heavy atom. The Balaban J connectivity index is 2.85. The molecule has 1 aromatic rings. The maximum atomic E-state index is 11.6. The summed E-state index contributed by atoms with van der Waals surface area (Å²) < 4.78 is 1.65. The predicted molar refractivity (Wildman–Crippen MR) is 68.7 cm³/mol. The van der Waals surface area contributed by atoms with E-state index in [0.29, 0.717) is 12.1 Å². The minimum absolute atomic E-state index is 0.176. The quantitative estimate of drug-likeness (QED) is 0.892. The number of carbonyl (C=O) groups excluding carboxylic acids is 1. The zero-order chi connectivity index (χ0) is 11.4. The van der Waals surface area contributed by atoms with E-state index in [4.69, 9.17) is 5.73 Å². The van der Waals surface area contributed by atoms with Crippen LogP contribution in [0.4, 0.5) is 5.69 Å². The van der Waals surface area contributed by atoms with E-state index < -0.39 is 6.04 Å². The van der Waals surface area contributed by atoms with Crippen molar-refractivity contribution in [3.63, 3.8) is 0 Å². The molecule has 1 aromatic carbocycles. The normalized spacial score (nSPS) is 12.3. The number of anilines is 1. The number of rotatable bonds is 3. The van der Waals surface area contributed by atoms with Crippen LogP contribution in [0.25, 0.3) is 0 Å². The second-order valence-corrected chi connectivity index (χ2v) is 4.81. The van der Waals surface area contributed by atoms with Gasteiger partial charge in [0.2, 0.25) is 5.91 Å². The summed E-state index contributed by atoms with van der Waals surface area (Å²) in [5.41, 5.74) is 6.34.